The number of amides is 1. The molecule has 0 radical (unpaired) electrons. The zero-order valence-electron chi connectivity index (χ0n) is 14.4. The van der Waals surface area contributed by atoms with Gasteiger partial charge in [0.1, 0.15) is 10.7 Å². The molecule has 6 heteroatoms. The lowest BCUT2D eigenvalue weighted by molar-refractivity contribution is -0.121. The van der Waals surface area contributed by atoms with E-state index in [1.807, 2.05) is 6.92 Å². The monoisotopic (exact) mass is 347 g/mol. The van der Waals surface area contributed by atoms with Gasteiger partial charge in [0.05, 0.1) is 5.39 Å². The molecule has 2 aromatic rings. The highest BCUT2D eigenvalue weighted by atomic mass is 32.1. The van der Waals surface area contributed by atoms with Crippen LogP contribution in [0.5, 0.6) is 0 Å². The van der Waals surface area contributed by atoms with E-state index >= 15 is 0 Å². The highest BCUT2D eigenvalue weighted by Gasteiger charge is 2.19. The van der Waals surface area contributed by atoms with Crippen molar-refractivity contribution >= 4 is 27.5 Å². The smallest absolute Gasteiger partial charge is 0.259 e. The van der Waals surface area contributed by atoms with Crippen molar-refractivity contribution in [1.29, 1.82) is 0 Å². The first-order valence-corrected chi connectivity index (χ1v) is 9.73. The van der Waals surface area contributed by atoms with Crippen LogP contribution in [-0.4, -0.2) is 21.9 Å². The minimum Gasteiger partial charge on any atom is -0.354 e. The number of aromatic amines is 1. The predicted octanol–water partition coefficient (Wildman–Crippen LogP) is 3.10. The second-order valence-electron chi connectivity index (χ2n) is 6.66. The molecule has 1 amide bonds. The summed E-state index contributed by atoms with van der Waals surface area (Å²) >= 11 is 1.65. The summed E-state index contributed by atoms with van der Waals surface area (Å²) in [4.78, 5) is 34.1. The Kier molecular flexibility index (Phi) is 5.33. The molecule has 0 aliphatic heterocycles. The summed E-state index contributed by atoms with van der Waals surface area (Å²) in [5.41, 5.74) is 1.15. The number of H-pyrrole nitrogens is 1. The van der Waals surface area contributed by atoms with Crippen LogP contribution < -0.4 is 10.9 Å². The molecule has 2 heterocycles. The fourth-order valence-electron chi connectivity index (χ4n) is 3.41. The Morgan fingerprint density at radius 1 is 1.38 bits per heavy atom. The minimum atomic E-state index is -0.0471. The van der Waals surface area contributed by atoms with Gasteiger partial charge in [-0.25, -0.2) is 4.98 Å². The second-order valence-corrected chi connectivity index (χ2v) is 7.74. The van der Waals surface area contributed by atoms with E-state index < -0.39 is 0 Å². The summed E-state index contributed by atoms with van der Waals surface area (Å²) in [5, 5.41) is 3.76. The van der Waals surface area contributed by atoms with Crippen LogP contribution in [0, 0.1) is 0 Å². The number of carbonyl (C=O) groups is 1. The fourth-order valence-corrected chi connectivity index (χ4v) is 4.69. The molecular weight excluding hydrogens is 322 g/mol. The maximum Gasteiger partial charge on any atom is 0.259 e. The third kappa shape index (κ3) is 3.69. The van der Waals surface area contributed by atoms with Crippen LogP contribution in [0.2, 0.25) is 0 Å². The van der Waals surface area contributed by atoms with Gasteiger partial charge in [-0.05, 0) is 44.6 Å². The Bertz CT molecular complexity index is 793. The molecule has 0 aromatic carbocycles. The second kappa shape index (κ2) is 7.47. The summed E-state index contributed by atoms with van der Waals surface area (Å²) in [6.45, 7) is 4.12. The highest BCUT2D eigenvalue weighted by Crippen LogP contribution is 2.33. The summed E-state index contributed by atoms with van der Waals surface area (Å²) in [6, 6.07) is 0.195. The summed E-state index contributed by atoms with van der Waals surface area (Å²) in [7, 11) is 0. The predicted molar refractivity (Wildman–Crippen MR) is 97.7 cm³/mol. The van der Waals surface area contributed by atoms with E-state index in [4.69, 9.17) is 0 Å². The number of hydrogen-bond donors (Lipinski definition) is 2. The van der Waals surface area contributed by atoms with Crippen LogP contribution in [-0.2, 0) is 24.1 Å². The van der Waals surface area contributed by atoms with Crippen molar-refractivity contribution in [3.63, 3.8) is 0 Å². The van der Waals surface area contributed by atoms with E-state index in [0.717, 1.165) is 42.3 Å². The minimum absolute atomic E-state index is 0.0177. The topological polar surface area (TPSA) is 74.8 Å². The van der Waals surface area contributed by atoms with Crippen LogP contribution in [0.3, 0.4) is 0 Å². The lowest BCUT2D eigenvalue weighted by atomic mass is 9.97. The lowest BCUT2D eigenvalue weighted by Gasteiger charge is -2.12. The van der Waals surface area contributed by atoms with Gasteiger partial charge in [0, 0.05) is 23.8 Å². The largest absolute Gasteiger partial charge is 0.354 e. The first-order chi connectivity index (χ1) is 11.6. The Morgan fingerprint density at radius 3 is 2.96 bits per heavy atom. The number of carbonyl (C=O) groups excluding carboxylic acids is 1. The molecule has 0 saturated carbocycles. The van der Waals surface area contributed by atoms with Gasteiger partial charge in [-0.15, -0.1) is 11.3 Å². The molecule has 24 heavy (non-hydrogen) atoms. The van der Waals surface area contributed by atoms with Crippen molar-refractivity contribution in [2.75, 3.05) is 0 Å². The number of rotatable bonds is 6. The van der Waals surface area contributed by atoms with Crippen molar-refractivity contribution in [3.8, 4) is 0 Å². The quantitative estimate of drug-likeness (QED) is 0.843. The molecule has 130 valence electrons. The van der Waals surface area contributed by atoms with Crippen LogP contribution >= 0.6 is 11.3 Å². The zero-order chi connectivity index (χ0) is 17.1. The first kappa shape index (κ1) is 17.1. The van der Waals surface area contributed by atoms with Gasteiger partial charge >= 0.3 is 0 Å². The number of nitrogens with zero attached hydrogens (tertiary/aromatic N) is 1. The van der Waals surface area contributed by atoms with Gasteiger partial charge in [0.25, 0.3) is 5.56 Å². The van der Waals surface area contributed by atoms with E-state index in [1.54, 1.807) is 11.3 Å². The zero-order valence-corrected chi connectivity index (χ0v) is 15.2. The maximum atomic E-state index is 12.5. The molecular formula is C18H25N3O2S. The Hall–Kier alpha value is -1.69. The summed E-state index contributed by atoms with van der Waals surface area (Å²) in [6.07, 6.45) is 7.24. The number of thiophene rings is 1. The van der Waals surface area contributed by atoms with Crippen molar-refractivity contribution in [2.45, 2.75) is 71.3 Å². The van der Waals surface area contributed by atoms with Gasteiger partial charge in [-0.2, -0.15) is 0 Å². The van der Waals surface area contributed by atoms with E-state index in [-0.39, 0.29) is 17.5 Å². The van der Waals surface area contributed by atoms with Gasteiger partial charge in [-0.3, -0.25) is 9.59 Å². The summed E-state index contributed by atoms with van der Waals surface area (Å²) < 4.78 is 0. The third-order valence-corrected chi connectivity index (χ3v) is 5.78. The van der Waals surface area contributed by atoms with Crippen molar-refractivity contribution in [3.05, 3.63) is 26.6 Å². The molecule has 5 nitrogen and oxygen atoms in total. The van der Waals surface area contributed by atoms with Crippen molar-refractivity contribution in [1.82, 2.24) is 15.3 Å². The molecule has 3 rings (SSSR count). The maximum absolute atomic E-state index is 12.5. The molecule has 2 N–H and O–H groups in total. The molecule has 2 aromatic heterocycles. The van der Waals surface area contributed by atoms with Gasteiger partial charge in [0.15, 0.2) is 0 Å². The normalized spacial score (nSPS) is 15.2. The van der Waals surface area contributed by atoms with Gasteiger partial charge in [-0.1, -0.05) is 13.3 Å². The van der Waals surface area contributed by atoms with E-state index in [2.05, 4.69) is 22.2 Å². The number of hydrogen-bond acceptors (Lipinski definition) is 4. The molecule has 0 fully saturated rings. The molecule has 1 unspecified atom stereocenters. The first-order valence-electron chi connectivity index (χ1n) is 8.91. The Labute approximate surface area is 145 Å². The Balaban J connectivity index is 1.72. The molecule has 1 atom stereocenters. The molecule has 0 spiro atoms. The van der Waals surface area contributed by atoms with Crippen LogP contribution in [0.15, 0.2) is 4.79 Å². The lowest BCUT2D eigenvalue weighted by Crippen LogP contribution is -2.32. The van der Waals surface area contributed by atoms with E-state index in [1.165, 1.54) is 16.9 Å². The average molecular weight is 347 g/mol. The fraction of sp³-hybridized carbons (Fsp3) is 0.611. The van der Waals surface area contributed by atoms with Gasteiger partial charge < -0.3 is 10.3 Å². The summed E-state index contributed by atoms with van der Waals surface area (Å²) in [5.74, 6) is 0.633. The molecule has 1 aliphatic carbocycles. The number of aryl methyl sites for hydroxylation is 3. The highest BCUT2D eigenvalue weighted by molar-refractivity contribution is 7.18. The number of aromatic nitrogens is 2. The molecule has 0 saturated heterocycles. The third-order valence-electron chi connectivity index (χ3n) is 4.59. The van der Waals surface area contributed by atoms with Crippen molar-refractivity contribution in [2.24, 2.45) is 0 Å². The van der Waals surface area contributed by atoms with Crippen LogP contribution in [0.1, 0.15) is 62.2 Å². The van der Waals surface area contributed by atoms with Gasteiger partial charge in [0.2, 0.25) is 5.91 Å². The van der Waals surface area contributed by atoms with Crippen LogP contribution in [0.4, 0.5) is 0 Å². The standard InChI is InChI=1S/C18H25N3O2S/c1-3-6-11(2)19-15(22)10-9-14-20-17(23)16-12-7-4-5-8-13(12)24-18(16)21-14/h11H,3-10H2,1-2H3,(H,19,22)(H,20,21,23). The SMILES string of the molecule is CCCC(C)NC(=O)CCc1nc2sc3c(c2c(=O)[nH]1)CCCC3. The van der Waals surface area contributed by atoms with E-state index in [9.17, 15) is 9.59 Å². The molecule has 1 aliphatic rings. The molecule has 0 bridgehead atoms. The van der Waals surface area contributed by atoms with E-state index in [0.29, 0.717) is 18.7 Å². The average Bonchev–Trinajstić information content (AvgIpc) is 2.92. The van der Waals surface area contributed by atoms with Crippen molar-refractivity contribution < 1.29 is 4.79 Å². The number of nitrogens with one attached hydrogen (secondary N) is 2. The number of fused-ring (bicyclic) bond motifs is 3. The van der Waals surface area contributed by atoms with Crippen LogP contribution in [0.25, 0.3) is 10.2 Å². The Morgan fingerprint density at radius 2 is 2.17 bits per heavy atom.